The fourth-order valence-corrected chi connectivity index (χ4v) is 2.44. The molecule has 0 radical (unpaired) electrons. The number of ether oxygens (including phenoxy) is 1. The maximum atomic E-state index is 10.5. The highest BCUT2D eigenvalue weighted by atomic mass is 16.5. The van der Waals surface area contributed by atoms with Crippen LogP contribution in [0.25, 0.3) is 6.08 Å². The van der Waals surface area contributed by atoms with Crippen molar-refractivity contribution >= 4 is 17.7 Å². The minimum atomic E-state index is -1.01. The summed E-state index contributed by atoms with van der Waals surface area (Å²) >= 11 is 0. The van der Waals surface area contributed by atoms with Crippen molar-refractivity contribution < 1.29 is 14.6 Å². The standard InChI is InChI=1S/C16H18N2O3/c1-18(11-14-3-2-8-21-14)15-6-4-12(5-7-16(19)20)9-13(15)10-17/h4-7,9,14H,2-3,8,11H2,1H3,(H,19,20)/b7-5+. The van der Waals surface area contributed by atoms with Gasteiger partial charge in [0.2, 0.25) is 0 Å². The lowest BCUT2D eigenvalue weighted by atomic mass is 10.1. The van der Waals surface area contributed by atoms with Crippen LogP contribution in [0.3, 0.4) is 0 Å². The van der Waals surface area contributed by atoms with Crippen molar-refractivity contribution in [2.45, 2.75) is 18.9 Å². The smallest absolute Gasteiger partial charge is 0.328 e. The number of anilines is 1. The summed E-state index contributed by atoms with van der Waals surface area (Å²) < 4.78 is 5.61. The van der Waals surface area contributed by atoms with Crippen LogP contribution in [0.2, 0.25) is 0 Å². The summed E-state index contributed by atoms with van der Waals surface area (Å²) in [6.07, 6.45) is 4.89. The number of nitrogens with zero attached hydrogens (tertiary/aromatic N) is 2. The van der Waals surface area contributed by atoms with Crippen LogP contribution in [0.4, 0.5) is 5.69 Å². The molecule has 110 valence electrons. The van der Waals surface area contributed by atoms with Crippen molar-refractivity contribution in [3.05, 3.63) is 35.4 Å². The quantitative estimate of drug-likeness (QED) is 0.840. The summed E-state index contributed by atoms with van der Waals surface area (Å²) in [5, 5.41) is 17.9. The largest absolute Gasteiger partial charge is 0.478 e. The third-order valence-corrected chi connectivity index (χ3v) is 3.47. The van der Waals surface area contributed by atoms with E-state index in [1.54, 1.807) is 6.07 Å². The third-order valence-electron chi connectivity index (χ3n) is 3.47. The molecule has 1 N–H and O–H groups in total. The van der Waals surface area contributed by atoms with Gasteiger partial charge < -0.3 is 14.7 Å². The first-order valence-electron chi connectivity index (χ1n) is 6.88. The Kier molecular flexibility index (Phi) is 4.96. The van der Waals surface area contributed by atoms with Gasteiger partial charge in [0.05, 0.1) is 17.4 Å². The van der Waals surface area contributed by atoms with E-state index in [4.69, 9.17) is 9.84 Å². The van der Waals surface area contributed by atoms with E-state index >= 15 is 0 Å². The van der Waals surface area contributed by atoms with E-state index in [1.807, 2.05) is 24.1 Å². The first-order chi connectivity index (χ1) is 10.1. The number of rotatable bonds is 5. The zero-order valence-corrected chi connectivity index (χ0v) is 12.0. The minimum absolute atomic E-state index is 0.216. The Labute approximate surface area is 124 Å². The SMILES string of the molecule is CN(CC1CCCO1)c1ccc(/C=C/C(=O)O)cc1C#N. The Bertz CT molecular complexity index is 584. The van der Waals surface area contributed by atoms with Gasteiger partial charge in [0, 0.05) is 26.3 Å². The number of benzene rings is 1. The van der Waals surface area contributed by atoms with Crippen molar-refractivity contribution in [3.8, 4) is 6.07 Å². The van der Waals surface area contributed by atoms with Gasteiger partial charge >= 0.3 is 5.97 Å². The van der Waals surface area contributed by atoms with Gasteiger partial charge in [-0.15, -0.1) is 0 Å². The normalized spacial score (nSPS) is 17.8. The molecule has 0 spiro atoms. The highest BCUT2D eigenvalue weighted by molar-refractivity contribution is 5.85. The van der Waals surface area contributed by atoms with Crippen LogP contribution in [-0.2, 0) is 9.53 Å². The molecule has 1 aromatic rings. The molecule has 0 bridgehead atoms. The van der Waals surface area contributed by atoms with Crippen LogP contribution in [0.5, 0.6) is 0 Å². The predicted molar refractivity (Wildman–Crippen MR) is 80.1 cm³/mol. The molecular formula is C16H18N2O3. The van der Waals surface area contributed by atoms with Gasteiger partial charge in [-0.1, -0.05) is 6.07 Å². The molecular weight excluding hydrogens is 268 g/mol. The molecule has 2 rings (SSSR count). The summed E-state index contributed by atoms with van der Waals surface area (Å²) in [6.45, 7) is 1.56. The Morgan fingerprint density at radius 1 is 1.62 bits per heavy atom. The van der Waals surface area contributed by atoms with Crippen LogP contribution in [-0.4, -0.2) is 37.4 Å². The molecule has 1 unspecified atom stereocenters. The molecule has 1 fully saturated rings. The summed E-state index contributed by atoms with van der Waals surface area (Å²) in [7, 11) is 1.94. The molecule has 1 aliphatic rings. The second kappa shape index (κ2) is 6.91. The van der Waals surface area contributed by atoms with E-state index in [2.05, 4.69) is 6.07 Å². The fraction of sp³-hybridized carbons (Fsp3) is 0.375. The Morgan fingerprint density at radius 3 is 3.05 bits per heavy atom. The average molecular weight is 286 g/mol. The number of likely N-dealkylation sites (N-methyl/N-ethyl adjacent to an activating group) is 1. The van der Waals surface area contributed by atoms with Gasteiger partial charge in [-0.25, -0.2) is 4.79 Å². The maximum Gasteiger partial charge on any atom is 0.328 e. The lowest BCUT2D eigenvalue weighted by Crippen LogP contribution is -2.29. The highest BCUT2D eigenvalue weighted by Gasteiger charge is 2.18. The lowest BCUT2D eigenvalue weighted by molar-refractivity contribution is -0.131. The van der Waals surface area contributed by atoms with E-state index < -0.39 is 5.97 Å². The van der Waals surface area contributed by atoms with Crippen LogP contribution < -0.4 is 4.90 Å². The summed E-state index contributed by atoms with van der Waals surface area (Å²) in [5.74, 6) is -1.01. The number of carboxylic acids is 1. The molecule has 5 heteroatoms. The molecule has 1 aliphatic heterocycles. The van der Waals surface area contributed by atoms with Crippen LogP contribution in [0.1, 0.15) is 24.0 Å². The van der Waals surface area contributed by atoms with Crippen molar-refractivity contribution in [3.63, 3.8) is 0 Å². The van der Waals surface area contributed by atoms with E-state index in [0.717, 1.165) is 37.8 Å². The van der Waals surface area contributed by atoms with Crippen LogP contribution in [0.15, 0.2) is 24.3 Å². The Hall–Kier alpha value is -2.32. The maximum absolute atomic E-state index is 10.5. The topological polar surface area (TPSA) is 73.6 Å². The van der Waals surface area contributed by atoms with Gasteiger partial charge in [0.15, 0.2) is 0 Å². The highest BCUT2D eigenvalue weighted by Crippen LogP contribution is 2.23. The number of carboxylic acid groups (broad SMARTS) is 1. The van der Waals surface area contributed by atoms with Gasteiger partial charge in [0.25, 0.3) is 0 Å². The molecule has 1 heterocycles. The second-order valence-corrected chi connectivity index (χ2v) is 5.08. The van der Waals surface area contributed by atoms with E-state index in [1.165, 1.54) is 6.08 Å². The predicted octanol–water partition coefficient (Wildman–Crippen LogP) is 2.27. The Morgan fingerprint density at radius 2 is 2.43 bits per heavy atom. The Balaban J connectivity index is 2.15. The zero-order chi connectivity index (χ0) is 15.2. The molecule has 1 atom stereocenters. The average Bonchev–Trinajstić information content (AvgIpc) is 2.97. The molecule has 5 nitrogen and oxygen atoms in total. The van der Waals surface area contributed by atoms with Crippen molar-refractivity contribution in [2.24, 2.45) is 0 Å². The van der Waals surface area contributed by atoms with Gasteiger partial charge in [-0.05, 0) is 36.6 Å². The second-order valence-electron chi connectivity index (χ2n) is 5.08. The summed E-state index contributed by atoms with van der Waals surface area (Å²) in [6, 6.07) is 7.51. The fourth-order valence-electron chi connectivity index (χ4n) is 2.44. The van der Waals surface area contributed by atoms with E-state index in [9.17, 15) is 10.1 Å². The molecule has 0 amide bonds. The molecule has 0 aromatic heterocycles. The van der Waals surface area contributed by atoms with Crippen molar-refractivity contribution in [1.29, 1.82) is 5.26 Å². The minimum Gasteiger partial charge on any atom is -0.478 e. The first kappa shape index (κ1) is 15.1. The van der Waals surface area contributed by atoms with Crippen LogP contribution in [0, 0.1) is 11.3 Å². The van der Waals surface area contributed by atoms with Crippen molar-refractivity contribution in [1.82, 2.24) is 0 Å². The first-order valence-corrected chi connectivity index (χ1v) is 6.88. The number of carbonyl (C=O) groups is 1. The van der Waals surface area contributed by atoms with Gasteiger partial charge in [0.1, 0.15) is 6.07 Å². The van der Waals surface area contributed by atoms with Crippen molar-refractivity contribution in [2.75, 3.05) is 25.1 Å². The monoisotopic (exact) mass is 286 g/mol. The van der Waals surface area contributed by atoms with Crippen LogP contribution >= 0.6 is 0 Å². The number of hydrogen-bond acceptors (Lipinski definition) is 4. The molecule has 0 saturated carbocycles. The summed E-state index contributed by atoms with van der Waals surface area (Å²) in [4.78, 5) is 12.5. The molecule has 21 heavy (non-hydrogen) atoms. The third kappa shape index (κ3) is 4.07. The number of nitriles is 1. The number of aliphatic carboxylic acids is 1. The summed E-state index contributed by atoms with van der Waals surface area (Å²) in [5.41, 5.74) is 2.06. The van der Waals surface area contributed by atoms with E-state index in [0.29, 0.717) is 11.1 Å². The molecule has 0 aliphatic carbocycles. The zero-order valence-electron chi connectivity index (χ0n) is 12.0. The van der Waals surface area contributed by atoms with Gasteiger partial charge in [-0.2, -0.15) is 5.26 Å². The van der Waals surface area contributed by atoms with E-state index in [-0.39, 0.29) is 6.10 Å². The number of hydrogen-bond donors (Lipinski definition) is 1. The molecule has 1 aromatic carbocycles. The molecule has 1 saturated heterocycles. The van der Waals surface area contributed by atoms with Gasteiger partial charge in [-0.3, -0.25) is 0 Å². The lowest BCUT2D eigenvalue weighted by Gasteiger charge is -2.23.